The first-order valence-corrected chi connectivity index (χ1v) is 4.13. The fraction of sp³-hybridized carbons (Fsp3) is 0.143. The smallest absolute Gasteiger partial charge is 0.324 e. The minimum absolute atomic E-state index is 0.517. The predicted octanol–water partition coefficient (Wildman–Crippen LogP) is 1.83. The molecule has 4 heteroatoms. The molecule has 1 fully saturated rings. The standard InChI is InChI=1S/C7H5NO2S/c1-2-4-6-5(3-1)7(9-10-7)11-8-6/h1-4,8H. The van der Waals surface area contributed by atoms with Gasteiger partial charge in [0, 0.05) is 11.9 Å². The molecule has 0 saturated carbocycles. The van der Waals surface area contributed by atoms with Gasteiger partial charge in [-0.15, -0.1) is 0 Å². The van der Waals surface area contributed by atoms with E-state index in [1.54, 1.807) is 0 Å². The van der Waals surface area contributed by atoms with Gasteiger partial charge in [0.15, 0.2) is 0 Å². The zero-order valence-electron chi connectivity index (χ0n) is 5.53. The Kier molecular flexibility index (Phi) is 0.917. The zero-order chi connectivity index (χ0) is 7.31. The van der Waals surface area contributed by atoms with E-state index in [-0.39, 0.29) is 0 Å². The van der Waals surface area contributed by atoms with Gasteiger partial charge in [0.1, 0.15) is 0 Å². The number of hydrogen-bond acceptors (Lipinski definition) is 4. The van der Waals surface area contributed by atoms with Gasteiger partial charge in [-0.2, -0.15) is 9.78 Å². The molecule has 0 amide bonds. The van der Waals surface area contributed by atoms with Crippen molar-refractivity contribution in [2.24, 2.45) is 0 Å². The Bertz CT molecular complexity index is 311. The topological polar surface area (TPSA) is 37.1 Å². The average Bonchev–Trinajstić information content (AvgIpc) is 2.72. The molecule has 1 spiro atoms. The van der Waals surface area contributed by atoms with Crippen molar-refractivity contribution in [2.45, 2.75) is 5.12 Å². The molecule has 1 N–H and O–H groups in total. The first-order valence-electron chi connectivity index (χ1n) is 3.31. The number of benzene rings is 1. The van der Waals surface area contributed by atoms with Gasteiger partial charge in [0.05, 0.1) is 11.3 Å². The second-order valence-corrected chi connectivity index (χ2v) is 3.42. The van der Waals surface area contributed by atoms with Crippen LogP contribution in [0.1, 0.15) is 5.56 Å². The summed E-state index contributed by atoms with van der Waals surface area (Å²) in [6.45, 7) is 0. The maximum Gasteiger partial charge on any atom is 0.325 e. The second-order valence-electron chi connectivity index (χ2n) is 2.47. The second kappa shape index (κ2) is 1.72. The Labute approximate surface area is 67.7 Å². The molecule has 1 saturated heterocycles. The first kappa shape index (κ1) is 5.88. The molecule has 1 aromatic carbocycles. The van der Waals surface area contributed by atoms with E-state index in [9.17, 15) is 0 Å². The lowest BCUT2D eigenvalue weighted by Gasteiger charge is -1.93. The van der Waals surface area contributed by atoms with E-state index in [1.165, 1.54) is 11.9 Å². The molecule has 2 aliphatic heterocycles. The lowest BCUT2D eigenvalue weighted by molar-refractivity contribution is 0.0850. The minimum atomic E-state index is -0.517. The van der Waals surface area contributed by atoms with Crippen molar-refractivity contribution in [3.05, 3.63) is 29.8 Å². The summed E-state index contributed by atoms with van der Waals surface area (Å²) in [5.41, 5.74) is 2.15. The van der Waals surface area contributed by atoms with Gasteiger partial charge in [-0.25, -0.2) is 0 Å². The molecule has 56 valence electrons. The Morgan fingerprint density at radius 3 is 2.91 bits per heavy atom. The van der Waals surface area contributed by atoms with E-state index in [2.05, 4.69) is 4.72 Å². The number of hydrogen-bond donors (Lipinski definition) is 1. The van der Waals surface area contributed by atoms with Crippen LogP contribution in [0.3, 0.4) is 0 Å². The molecule has 3 nitrogen and oxygen atoms in total. The quantitative estimate of drug-likeness (QED) is 0.363. The first-order chi connectivity index (χ1) is 5.41. The summed E-state index contributed by atoms with van der Waals surface area (Å²) in [6.07, 6.45) is 0. The number of rotatable bonds is 0. The van der Waals surface area contributed by atoms with E-state index < -0.39 is 5.12 Å². The third-order valence-electron chi connectivity index (χ3n) is 1.79. The van der Waals surface area contributed by atoms with Crippen molar-refractivity contribution in [3.8, 4) is 0 Å². The van der Waals surface area contributed by atoms with Gasteiger partial charge in [-0.3, -0.25) is 0 Å². The SMILES string of the molecule is c1ccc2c(c1)NSC21OO1. The van der Waals surface area contributed by atoms with Crippen molar-refractivity contribution < 1.29 is 9.78 Å². The van der Waals surface area contributed by atoms with Gasteiger partial charge in [0.25, 0.3) is 0 Å². The van der Waals surface area contributed by atoms with Gasteiger partial charge < -0.3 is 4.72 Å². The zero-order valence-corrected chi connectivity index (χ0v) is 6.35. The Hall–Kier alpha value is -0.710. The largest absolute Gasteiger partial charge is 0.325 e. The van der Waals surface area contributed by atoms with Crippen LogP contribution >= 0.6 is 11.9 Å². The highest BCUT2D eigenvalue weighted by Crippen LogP contribution is 2.57. The van der Waals surface area contributed by atoms with Crippen molar-refractivity contribution in [3.63, 3.8) is 0 Å². The highest BCUT2D eigenvalue weighted by Gasteiger charge is 2.57. The molecular formula is C7H5NO2S. The lowest BCUT2D eigenvalue weighted by atomic mass is 10.2. The fourth-order valence-corrected chi connectivity index (χ4v) is 1.99. The molecule has 0 radical (unpaired) electrons. The van der Waals surface area contributed by atoms with Gasteiger partial charge in [0.2, 0.25) is 0 Å². The fourth-order valence-electron chi connectivity index (χ4n) is 1.18. The molecular weight excluding hydrogens is 162 g/mol. The predicted molar refractivity (Wildman–Crippen MR) is 41.5 cm³/mol. The van der Waals surface area contributed by atoms with E-state index in [4.69, 9.17) is 9.78 Å². The summed E-state index contributed by atoms with van der Waals surface area (Å²) in [4.78, 5) is 9.77. The van der Waals surface area contributed by atoms with Crippen LogP contribution in [0.5, 0.6) is 0 Å². The molecule has 0 bridgehead atoms. The third kappa shape index (κ3) is 0.663. The van der Waals surface area contributed by atoms with Crippen LogP contribution in [0.25, 0.3) is 0 Å². The highest BCUT2D eigenvalue weighted by molar-refractivity contribution is 8.01. The normalized spacial score (nSPS) is 22.9. The summed E-state index contributed by atoms with van der Waals surface area (Å²) >= 11 is 1.44. The number of fused-ring (bicyclic) bond motifs is 2. The minimum Gasteiger partial charge on any atom is -0.324 e. The molecule has 0 aliphatic carbocycles. The van der Waals surface area contributed by atoms with Crippen molar-refractivity contribution >= 4 is 17.6 Å². The summed E-state index contributed by atoms with van der Waals surface area (Å²) in [5.74, 6) is 0. The number of anilines is 1. The Morgan fingerprint density at radius 1 is 1.27 bits per heavy atom. The summed E-state index contributed by atoms with van der Waals surface area (Å²) in [5, 5.41) is -0.517. The van der Waals surface area contributed by atoms with E-state index in [1.807, 2.05) is 24.3 Å². The molecule has 0 atom stereocenters. The lowest BCUT2D eigenvalue weighted by Crippen LogP contribution is -1.94. The molecule has 2 heterocycles. The average molecular weight is 167 g/mol. The maximum atomic E-state index is 4.88. The number of nitrogens with one attached hydrogen (secondary N) is 1. The van der Waals surface area contributed by atoms with Crippen molar-refractivity contribution in [2.75, 3.05) is 4.72 Å². The van der Waals surface area contributed by atoms with Crippen LogP contribution in [0.15, 0.2) is 24.3 Å². The number of para-hydroxylation sites is 1. The van der Waals surface area contributed by atoms with Gasteiger partial charge in [-0.05, 0) is 6.07 Å². The maximum absolute atomic E-state index is 4.88. The van der Waals surface area contributed by atoms with E-state index in [0.717, 1.165) is 11.3 Å². The van der Waals surface area contributed by atoms with Crippen LogP contribution in [0.4, 0.5) is 5.69 Å². The van der Waals surface area contributed by atoms with Crippen LogP contribution in [0, 0.1) is 0 Å². The molecule has 0 aromatic heterocycles. The van der Waals surface area contributed by atoms with Crippen molar-refractivity contribution in [1.82, 2.24) is 0 Å². The summed E-state index contributed by atoms with van der Waals surface area (Å²) in [7, 11) is 0. The highest BCUT2D eigenvalue weighted by atomic mass is 32.2. The third-order valence-corrected chi connectivity index (χ3v) is 2.73. The van der Waals surface area contributed by atoms with Gasteiger partial charge >= 0.3 is 5.12 Å². The molecule has 2 aliphatic rings. The molecule has 11 heavy (non-hydrogen) atoms. The molecule has 0 unspecified atom stereocenters. The summed E-state index contributed by atoms with van der Waals surface area (Å²) < 4.78 is 3.12. The van der Waals surface area contributed by atoms with E-state index in [0.29, 0.717) is 0 Å². The Balaban J connectivity index is 2.21. The van der Waals surface area contributed by atoms with Crippen LogP contribution in [0.2, 0.25) is 0 Å². The van der Waals surface area contributed by atoms with Gasteiger partial charge in [-0.1, -0.05) is 18.2 Å². The van der Waals surface area contributed by atoms with Crippen LogP contribution in [-0.2, 0) is 14.9 Å². The Morgan fingerprint density at radius 2 is 2.09 bits per heavy atom. The van der Waals surface area contributed by atoms with E-state index >= 15 is 0 Å². The molecule has 1 aromatic rings. The summed E-state index contributed by atoms with van der Waals surface area (Å²) in [6, 6.07) is 7.95. The molecule has 3 rings (SSSR count). The van der Waals surface area contributed by atoms with Crippen molar-refractivity contribution in [1.29, 1.82) is 0 Å². The van der Waals surface area contributed by atoms with Crippen LogP contribution < -0.4 is 4.72 Å². The van der Waals surface area contributed by atoms with Crippen LogP contribution in [-0.4, -0.2) is 0 Å². The monoisotopic (exact) mass is 167 g/mol.